The Balaban J connectivity index is 1.81. The molecule has 2 aromatic carbocycles. The lowest BCUT2D eigenvalue weighted by Crippen LogP contribution is -1.82. The summed E-state index contributed by atoms with van der Waals surface area (Å²) in [6, 6.07) is 15.8. The van der Waals surface area contributed by atoms with E-state index in [0.29, 0.717) is 17.4 Å². The Bertz CT molecular complexity index is 923. The molecule has 5 nitrogen and oxygen atoms in total. The zero-order valence-corrected chi connectivity index (χ0v) is 11.4. The summed E-state index contributed by atoms with van der Waals surface area (Å²) in [6.07, 6.45) is 0. The molecule has 0 unspecified atom stereocenters. The van der Waals surface area contributed by atoms with Crippen LogP contribution < -0.4 is 0 Å². The quantitative estimate of drug-likeness (QED) is 0.607. The molecule has 0 saturated carbocycles. The second kappa shape index (κ2) is 4.56. The monoisotopic (exact) mass is 276 g/mol. The fraction of sp³-hybridized carbons (Fsp3) is 0.0625. The molecular weight excluding hydrogens is 264 g/mol. The number of aromatic nitrogens is 4. The third kappa shape index (κ3) is 1.99. The molecule has 102 valence electrons. The topological polar surface area (TPSA) is 67.6 Å². The molecule has 5 heteroatoms. The van der Waals surface area contributed by atoms with Gasteiger partial charge in [0.25, 0.3) is 5.89 Å². The Morgan fingerprint density at radius 1 is 1.05 bits per heavy atom. The summed E-state index contributed by atoms with van der Waals surface area (Å²) in [5.41, 5.74) is 3.72. The predicted molar refractivity (Wildman–Crippen MR) is 79.6 cm³/mol. The van der Waals surface area contributed by atoms with Gasteiger partial charge in [0.1, 0.15) is 0 Å². The van der Waals surface area contributed by atoms with Crippen molar-refractivity contribution in [2.45, 2.75) is 6.92 Å². The van der Waals surface area contributed by atoms with E-state index in [9.17, 15) is 0 Å². The summed E-state index contributed by atoms with van der Waals surface area (Å²) in [5.74, 6) is 0.990. The van der Waals surface area contributed by atoms with Gasteiger partial charge >= 0.3 is 0 Å². The van der Waals surface area contributed by atoms with Gasteiger partial charge in [-0.05, 0) is 19.1 Å². The van der Waals surface area contributed by atoms with Crippen molar-refractivity contribution in [1.82, 2.24) is 20.3 Å². The molecule has 21 heavy (non-hydrogen) atoms. The number of aryl methyl sites for hydroxylation is 1. The van der Waals surface area contributed by atoms with Gasteiger partial charge in [0.15, 0.2) is 5.69 Å². The Morgan fingerprint density at radius 3 is 2.86 bits per heavy atom. The van der Waals surface area contributed by atoms with Crippen molar-refractivity contribution in [2.24, 2.45) is 0 Å². The first kappa shape index (κ1) is 11.8. The lowest BCUT2D eigenvalue weighted by molar-refractivity contribution is 0.431. The molecule has 1 N–H and O–H groups in total. The number of H-pyrrole nitrogens is 1. The number of fused-ring (bicyclic) bond motifs is 1. The van der Waals surface area contributed by atoms with Crippen LogP contribution in [0.5, 0.6) is 0 Å². The maximum Gasteiger partial charge on any atom is 0.279 e. The third-order valence-electron chi connectivity index (χ3n) is 3.38. The van der Waals surface area contributed by atoms with E-state index in [1.165, 1.54) is 0 Å². The Labute approximate surface area is 120 Å². The van der Waals surface area contributed by atoms with Crippen molar-refractivity contribution >= 4 is 10.9 Å². The zero-order valence-electron chi connectivity index (χ0n) is 11.4. The molecule has 0 aliphatic carbocycles. The summed E-state index contributed by atoms with van der Waals surface area (Å²) >= 11 is 0. The van der Waals surface area contributed by atoms with Gasteiger partial charge in [-0.1, -0.05) is 47.1 Å². The minimum Gasteiger partial charge on any atom is -0.332 e. The van der Waals surface area contributed by atoms with Gasteiger partial charge < -0.3 is 4.52 Å². The summed E-state index contributed by atoms with van der Waals surface area (Å²) in [5, 5.41) is 12.3. The largest absolute Gasteiger partial charge is 0.332 e. The van der Waals surface area contributed by atoms with E-state index >= 15 is 0 Å². The summed E-state index contributed by atoms with van der Waals surface area (Å²) in [7, 11) is 0. The first-order chi connectivity index (χ1) is 10.3. The van der Waals surface area contributed by atoms with Gasteiger partial charge in [-0.25, -0.2) is 0 Å². The molecule has 0 saturated heterocycles. The lowest BCUT2D eigenvalue weighted by atomic mass is 10.1. The molecular formula is C16H12N4O. The van der Waals surface area contributed by atoms with E-state index in [2.05, 4.69) is 20.3 Å². The van der Waals surface area contributed by atoms with Crippen LogP contribution in [0, 0.1) is 6.92 Å². The number of nitrogens with one attached hydrogen (secondary N) is 1. The van der Waals surface area contributed by atoms with Crippen LogP contribution in [0.3, 0.4) is 0 Å². The number of nitrogens with zero attached hydrogens (tertiary/aromatic N) is 3. The molecule has 0 amide bonds. The van der Waals surface area contributed by atoms with Crippen LogP contribution >= 0.6 is 0 Å². The average Bonchev–Trinajstić information content (AvgIpc) is 3.14. The van der Waals surface area contributed by atoms with E-state index in [1.807, 2.05) is 55.5 Å². The average molecular weight is 276 g/mol. The number of rotatable bonds is 2. The van der Waals surface area contributed by atoms with Crippen molar-refractivity contribution in [2.75, 3.05) is 0 Å². The van der Waals surface area contributed by atoms with Crippen LogP contribution in [0.4, 0.5) is 0 Å². The number of para-hydroxylation sites is 1. The number of hydrogen-bond acceptors (Lipinski definition) is 4. The SMILES string of the molecule is Cc1cccc(-c2noc(-c3n[nH]c4ccccc34)n2)c1. The standard InChI is InChI=1S/C16H12N4O/c1-10-5-4-6-11(9-10)15-17-16(21-20-15)14-12-7-2-3-8-13(12)18-19-14/h2-9H,1H3,(H,18,19). The molecule has 0 atom stereocenters. The molecule has 0 spiro atoms. The van der Waals surface area contributed by atoms with Crippen molar-refractivity contribution in [3.8, 4) is 23.0 Å². The molecule has 0 fully saturated rings. The van der Waals surface area contributed by atoms with Crippen LogP contribution in [0.2, 0.25) is 0 Å². The van der Waals surface area contributed by atoms with E-state index in [4.69, 9.17) is 4.52 Å². The highest BCUT2D eigenvalue weighted by molar-refractivity contribution is 5.90. The van der Waals surface area contributed by atoms with Crippen molar-refractivity contribution in [1.29, 1.82) is 0 Å². The van der Waals surface area contributed by atoms with E-state index in [0.717, 1.165) is 22.0 Å². The van der Waals surface area contributed by atoms with Gasteiger partial charge in [0, 0.05) is 10.9 Å². The molecule has 0 aliphatic heterocycles. The lowest BCUT2D eigenvalue weighted by Gasteiger charge is -1.95. The first-order valence-corrected chi connectivity index (χ1v) is 6.65. The Kier molecular flexibility index (Phi) is 2.57. The van der Waals surface area contributed by atoms with E-state index < -0.39 is 0 Å². The molecule has 0 radical (unpaired) electrons. The van der Waals surface area contributed by atoms with E-state index in [1.54, 1.807) is 0 Å². The fourth-order valence-electron chi connectivity index (χ4n) is 2.35. The smallest absolute Gasteiger partial charge is 0.279 e. The van der Waals surface area contributed by atoms with Crippen molar-refractivity contribution < 1.29 is 4.52 Å². The second-order valence-corrected chi connectivity index (χ2v) is 4.91. The highest BCUT2D eigenvalue weighted by Crippen LogP contribution is 2.26. The maximum absolute atomic E-state index is 5.37. The molecule has 4 rings (SSSR count). The minimum atomic E-state index is 0.420. The zero-order chi connectivity index (χ0) is 14.2. The molecule has 2 aromatic heterocycles. The highest BCUT2D eigenvalue weighted by atomic mass is 16.5. The van der Waals surface area contributed by atoms with Gasteiger partial charge in [0.2, 0.25) is 5.82 Å². The van der Waals surface area contributed by atoms with Gasteiger partial charge in [-0.3, -0.25) is 5.10 Å². The minimum absolute atomic E-state index is 0.420. The molecule has 4 aromatic rings. The summed E-state index contributed by atoms with van der Waals surface area (Å²) in [6.45, 7) is 2.03. The van der Waals surface area contributed by atoms with E-state index in [-0.39, 0.29) is 0 Å². The number of hydrogen-bond donors (Lipinski definition) is 1. The van der Waals surface area contributed by atoms with Crippen LogP contribution in [-0.4, -0.2) is 20.3 Å². The summed E-state index contributed by atoms with van der Waals surface area (Å²) < 4.78 is 5.37. The van der Waals surface area contributed by atoms with Gasteiger partial charge in [0.05, 0.1) is 5.52 Å². The Morgan fingerprint density at radius 2 is 1.95 bits per heavy atom. The fourth-order valence-corrected chi connectivity index (χ4v) is 2.35. The van der Waals surface area contributed by atoms with Gasteiger partial charge in [-0.15, -0.1) is 0 Å². The normalized spacial score (nSPS) is 11.1. The maximum atomic E-state index is 5.37. The summed E-state index contributed by atoms with van der Waals surface area (Å²) in [4.78, 5) is 4.45. The predicted octanol–water partition coefficient (Wildman–Crippen LogP) is 3.59. The highest BCUT2D eigenvalue weighted by Gasteiger charge is 2.15. The molecule has 2 heterocycles. The van der Waals surface area contributed by atoms with Crippen molar-refractivity contribution in [3.63, 3.8) is 0 Å². The van der Waals surface area contributed by atoms with Gasteiger partial charge in [-0.2, -0.15) is 10.1 Å². The molecule has 0 aliphatic rings. The van der Waals surface area contributed by atoms with Crippen molar-refractivity contribution in [3.05, 3.63) is 54.1 Å². The third-order valence-corrected chi connectivity index (χ3v) is 3.38. The van der Waals surface area contributed by atoms with Crippen LogP contribution in [0.1, 0.15) is 5.56 Å². The number of benzene rings is 2. The van der Waals surface area contributed by atoms with Crippen LogP contribution in [0.25, 0.3) is 33.9 Å². The molecule has 0 bridgehead atoms. The Hall–Kier alpha value is -2.95. The van der Waals surface area contributed by atoms with Crippen LogP contribution in [-0.2, 0) is 0 Å². The first-order valence-electron chi connectivity index (χ1n) is 6.65. The number of aromatic amines is 1. The second-order valence-electron chi connectivity index (χ2n) is 4.91. The van der Waals surface area contributed by atoms with Crippen LogP contribution in [0.15, 0.2) is 53.1 Å².